The summed E-state index contributed by atoms with van der Waals surface area (Å²) < 4.78 is 193. The van der Waals surface area contributed by atoms with E-state index in [0.717, 1.165) is 84.2 Å². The molecule has 2 aliphatic carbocycles. The number of nitriles is 1. The van der Waals surface area contributed by atoms with Gasteiger partial charge < -0.3 is 53.6 Å². The van der Waals surface area contributed by atoms with E-state index < -0.39 is 115 Å². The van der Waals surface area contributed by atoms with Crippen LogP contribution in [0.5, 0.6) is 23.0 Å². The number of hydrogen-bond acceptors (Lipinski definition) is 16. The summed E-state index contributed by atoms with van der Waals surface area (Å²) >= 11 is 0.754. The molecule has 2 saturated carbocycles. The summed E-state index contributed by atoms with van der Waals surface area (Å²) in [6.45, 7) is 8.70. The van der Waals surface area contributed by atoms with Crippen molar-refractivity contribution in [1.29, 1.82) is 5.26 Å². The van der Waals surface area contributed by atoms with Crippen molar-refractivity contribution in [2.24, 2.45) is 11.8 Å². The Morgan fingerprint density at radius 1 is 0.593 bits per heavy atom. The van der Waals surface area contributed by atoms with Crippen molar-refractivity contribution in [2.45, 2.75) is 220 Å². The van der Waals surface area contributed by atoms with E-state index in [4.69, 9.17) is 18.9 Å². The zero-order chi connectivity index (χ0) is 81.6. The molecule has 4 amide bonds. The van der Waals surface area contributed by atoms with Gasteiger partial charge in [-0.25, -0.2) is 0 Å². The zero-order valence-corrected chi connectivity index (χ0v) is 64.1. The third kappa shape index (κ3) is 18.9. The molecule has 4 aromatic heterocycles. The molecule has 113 heavy (non-hydrogen) atoms. The number of pyridine rings is 2. The minimum Gasteiger partial charge on any atom is -0.513 e. The number of aliphatic hydroxyl groups is 2. The van der Waals surface area contributed by atoms with Crippen LogP contribution in [-0.2, 0) is 50.1 Å². The van der Waals surface area contributed by atoms with E-state index in [1.54, 1.807) is 57.2 Å². The van der Waals surface area contributed by atoms with Crippen LogP contribution in [0.25, 0.3) is 0 Å². The molecular formula is C81H89F12N7O11S2. The third-order valence-corrected chi connectivity index (χ3v) is 24.4. The van der Waals surface area contributed by atoms with Gasteiger partial charge in [-0.1, -0.05) is 69.7 Å². The van der Waals surface area contributed by atoms with Crippen LogP contribution in [0.4, 0.5) is 52.7 Å². The highest BCUT2D eigenvalue weighted by atomic mass is 32.1. The van der Waals surface area contributed by atoms with Gasteiger partial charge in [0, 0.05) is 118 Å². The predicted molar refractivity (Wildman–Crippen MR) is 393 cm³/mol. The van der Waals surface area contributed by atoms with Crippen LogP contribution in [0, 0.1) is 23.2 Å². The number of hydrogen-bond donors (Lipinski definition) is 2. The third-order valence-electron chi connectivity index (χ3n) is 22.5. The Labute approximate surface area is 654 Å². The van der Waals surface area contributed by atoms with E-state index in [2.05, 4.69) is 22.6 Å². The number of thiophene rings is 2. The summed E-state index contributed by atoms with van der Waals surface area (Å²) in [6, 6.07) is 18.6. The number of amides is 4. The fraction of sp³-hybridized carbons (Fsp3) is 0.531. The maximum atomic E-state index is 15.1. The number of Topliss-reactive ketones (excluding diaryl/α,β-unsaturated/α-hetero) is 1. The van der Waals surface area contributed by atoms with Gasteiger partial charge >= 0.3 is 24.7 Å². The number of aliphatic hydroxyl groups excluding tert-OH is 1. The van der Waals surface area contributed by atoms with E-state index in [0.29, 0.717) is 89.9 Å². The molecule has 8 heterocycles. The van der Waals surface area contributed by atoms with Crippen LogP contribution in [0.15, 0.2) is 121 Å². The number of piperidine rings is 4. The number of carbonyl (C=O) groups excluding carboxylic acids is 5. The molecule has 8 atom stereocenters. The highest BCUT2D eigenvalue weighted by Crippen LogP contribution is 2.50. The Balaban J connectivity index is 0.000000223. The first-order valence-corrected chi connectivity index (χ1v) is 39.7. The lowest BCUT2D eigenvalue weighted by Gasteiger charge is -2.51. The first kappa shape index (κ1) is 84.9. The number of alkyl halides is 12. The smallest absolute Gasteiger partial charge is 0.425 e. The number of para-hydroxylation sites is 2. The van der Waals surface area contributed by atoms with Crippen molar-refractivity contribution in [1.82, 2.24) is 29.6 Å². The topological polar surface area (TPSA) is 225 Å². The standard InChI is InChI=1S/C41H44F6N4O5S.C40H45F6N3O6S/c1-3-8-33-39(56-29-23-34(57-24-29)41(45,46)47,14-7-18-51(33)36(53)35-31(40(42,43)44)10-6-17-49-35)37(54)50-19-15-38(25-48,16-20-50)30-9-4-5-11-32(30)55-28-13-12-27(22-28)21-26(2)52;1-3-7-33-38(55-28-22-34(56-24-28)40(44,45)46,13-6-17-49(33)35(51)29-23-47-16-12-30(29)39(41,42)43)36(52)48-18-14-37(53,15-19-48)31-8-4-5-9-32(31)54-27-11-10-26(21-27)20-25(2)50/h4-6,9-11,17,23-24,27-28,33H,3,7-8,12-16,18-22H2,1-2H3;4-5,8-9,12,16,22-24,26-27,33,50,53H,2-3,6-7,10-11,13-15,17-21H2,1H3/t27-,28+,33+,39-;26-,27+,33+,38-/m00/s1. The van der Waals surface area contributed by atoms with Crippen LogP contribution in [-0.4, -0.2) is 144 Å². The normalized spacial score (nSPS) is 24.0. The molecule has 4 saturated heterocycles. The summed E-state index contributed by atoms with van der Waals surface area (Å²) in [6.07, 6.45) is -9.53. The molecule has 4 aliphatic heterocycles. The van der Waals surface area contributed by atoms with Crippen LogP contribution in [0.2, 0.25) is 0 Å². The first-order valence-electron chi connectivity index (χ1n) is 37.9. The van der Waals surface area contributed by atoms with Crippen molar-refractivity contribution in [2.75, 3.05) is 39.3 Å². The Morgan fingerprint density at radius 2 is 1.07 bits per heavy atom. The average molecular weight is 1630 g/mol. The van der Waals surface area contributed by atoms with Gasteiger partial charge in [0.2, 0.25) is 11.2 Å². The van der Waals surface area contributed by atoms with Gasteiger partial charge in [-0.05, 0) is 139 Å². The first-order chi connectivity index (χ1) is 53.5. The molecule has 32 heteroatoms. The van der Waals surface area contributed by atoms with E-state index in [1.807, 2.05) is 12.1 Å². The summed E-state index contributed by atoms with van der Waals surface area (Å²) in [7, 11) is 0. The number of halogens is 12. The molecule has 2 N–H and O–H groups in total. The van der Waals surface area contributed by atoms with Crippen LogP contribution < -0.4 is 18.9 Å². The van der Waals surface area contributed by atoms with Gasteiger partial charge in [-0.15, -0.1) is 22.7 Å². The molecule has 18 nitrogen and oxygen atoms in total. The summed E-state index contributed by atoms with van der Waals surface area (Å²) in [4.78, 5) is 80.8. The van der Waals surface area contributed by atoms with Gasteiger partial charge in [-0.2, -0.15) is 57.9 Å². The number of likely N-dealkylation sites (tertiary alicyclic amines) is 4. The monoisotopic (exact) mass is 1630 g/mol. The van der Waals surface area contributed by atoms with Crippen LogP contribution >= 0.6 is 22.7 Å². The van der Waals surface area contributed by atoms with Crippen molar-refractivity contribution in [3.8, 4) is 29.1 Å². The summed E-state index contributed by atoms with van der Waals surface area (Å²) in [5.74, 6) is -2.13. The molecule has 2 aromatic carbocycles. The lowest BCUT2D eigenvalue weighted by atomic mass is 9.72. The molecule has 0 spiro atoms. The zero-order valence-electron chi connectivity index (χ0n) is 62.5. The predicted octanol–water partition coefficient (Wildman–Crippen LogP) is 17.9. The number of ether oxygens (including phenoxy) is 4. The highest BCUT2D eigenvalue weighted by molar-refractivity contribution is 7.10. The van der Waals surface area contributed by atoms with E-state index in [-0.39, 0.29) is 151 Å². The molecule has 6 aliphatic rings. The van der Waals surface area contributed by atoms with Gasteiger partial charge in [0.25, 0.3) is 23.6 Å². The Morgan fingerprint density at radius 3 is 1.54 bits per heavy atom. The van der Waals surface area contributed by atoms with Gasteiger partial charge in [0.1, 0.15) is 44.2 Å². The average Bonchev–Trinajstić information content (AvgIpc) is 1.65. The van der Waals surface area contributed by atoms with Gasteiger partial charge in [0.05, 0.1) is 63.8 Å². The van der Waals surface area contributed by atoms with Crippen molar-refractivity contribution < 1.29 is 106 Å². The number of nitrogens with zero attached hydrogens (tertiary/aromatic N) is 7. The number of carbonyl (C=O) groups is 5. The maximum absolute atomic E-state index is 15.1. The van der Waals surface area contributed by atoms with Crippen LogP contribution in [0.1, 0.15) is 202 Å². The minimum atomic E-state index is -4.91. The maximum Gasteiger partial charge on any atom is 0.425 e. The second kappa shape index (κ2) is 34.6. The van der Waals surface area contributed by atoms with Crippen molar-refractivity contribution in [3.63, 3.8) is 0 Å². The second-order valence-corrected chi connectivity index (χ2v) is 32.0. The number of rotatable bonds is 22. The fourth-order valence-corrected chi connectivity index (χ4v) is 18.6. The molecule has 610 valence electrons. The molecule has 12 rings (SSSR count). The van der Waals surface area contributed by atoms with E-state index in [9.17, 15) is 87.3 Å². The SMILES string of the molecule is C=C(O)C[C@@H]1CC[C@@H](Oc2ccccc2C2(O)CCN(C(=O)[C@]3(Oc4csc(C(F)(F)F)c4)CCCN(C(=O)c4cnccc4C(F)(F)F)[C@@H]3CCC)CC2)C1.CCC[C@H]1N(C(=O)c2ncccc2C(F)(F)F)CCC[C@@]1(Oc1csc(C(F)(F)F)c1)C(=O)N1CCC(C#N)(c2ccccc2O[C@@H]2CC[C@@H](CC(C)=O)C2)CC1. The largest absolute Gasteiger partial charge is 0.513 e. The Bertz CT molecular complexity index is 4430. The number of benzene rings is 2. The second-order valence-electron chi connectivity index (χ2n) is 30.2. The molecule has 6 fully saturated rings. The highest BCUT2D eigenvalue weighted by Gasteiger charge is 2.59. The van der Waals surface area contributed by atoms with Gasteiger partial charge in [0.15, 0.2) is 0 Å². The van der Waals surface area contributed by atoms with Crippen molar-refractivity contribution >= 4 is 52.1 Å². The van der Waals surface area contributed by atoms with E-state index >= 15 is 4.79 Å². The summed E-state index contributed by atoms with van der Waals surface area (Å²) in [5.41, 5.74) is -9.25. The molecule has 0 unspecified atom stereocenters. The van der Waals surface area contributed by atoms with E-state index in [1.165, 1.54) is 14.7 Å². The minimum absolute atomic E-state index is 0.00392. The number of allylic oxidation sites excluding steroid dienone is 1. The fourth-order valence-electron chi connectivity index (χ4n) is 17.3. The van der Waals surface area contributed by atoms with Gasteiger partial charge in [-0.3, -0.25) is 29.1 Å². The molecule has 0 bridgehead atoms. The summed E-state index contributed by atoms with van der Waals surface area (Å²) in [5, 5.41) is 34.7. The Hall–Kier alpha value is -8.96. The molecule has 6 aromatic rings. The van der Waals surface area contributed by atoms with Crippen LogP contribution in [0.3, 0.4) is 0 Å². The lowest BCUT2D eigenvalue weighted by Crippen LogP contribution is -2.68. The number of aromatic nitrogens is 2. The Kier molecular flexibility index (Phi) is 26.0. The quantitative estimate of drug-likeness (QED) is 0.0476. The number of ketones is 1. The molecular weight excluding hydrogens is 1540 g/mol. The molecule has 0 radical (unpaired) electrons. The van der Waals surface area contributed by atoms with Crippen molar-refractivity contribution in [3.05, 3.63) is 164 Å². The lowest BCUT2D eigenvalue weighted by molar-refractivity contribution is -0.163.